The molecule has 0 amide bonds. The van der Waals surface area contributed by atoms with Crippen LogP contribution in [-0.2, 0) is 11.2 Å². The van der Waals surface area contributed by atoms with E-state index < -0.39 is 0 Å². The van der Waals surface area contributed by atoms with Crippen LogP contribution in [0.1, 0.15) is 32.2 Å². The second kappa shape index (κ2) is 5.02. The summed E-state index contributed by atoms with van der Waals surface area (Å²) in [4.78, 5) is 0. The first-order valence-corrected chi connectivity index (χ1v) is 6.85. The predicted octanol–water partition coefficient (Wildman–Crippen LogP) is 2.58. The average Bonchev–Trinajstić information content (AvgIpc) is 2.69. The highest BCUT2D eigenvalue weighted by Crippen LogP contribution is 2.25. The predicted molar refractivity (Wildman–Crippen MR) is 74.9 cm³/mol. The van der Waals surface area contributed by atoms with E-state index in [4.69, 9.17) is 5.84 Å². The molecule has 2 rings (SSSR count). The Balaban J connectivity index is 2.10. The number of thioether (sulfide) groups is 1. The fourth-order valence-corrected chi connectivity index (χ4v) is 2.42. The minimum atomic E-state index is -0.0900. The van der Waals surface area contributed by atoms with Crippen LogP contribution in [0, 0.1) is 0 Å². The van der Waals surface area contributed by atoms with Gasteiger partial charge in [0.1, 0.15) is 0 Å². The lowest BCUT2D eigenvalue weighted by molar-refractivity contribution is 0.523. The zero-order chi connectivity index (χ0) is 13.2. The lowest BCUT2D eigenvalue weighted by Gasteiger charge is -2.16. The summed E-state index contributed by atoms with van der Waals surface area (Å²) >= 11 is 1.60. The summed E-state index contributed by atoms with van der Waals surface area (Å²) in [7, 11) is 0. The van der Waals surface area contributed by atoms with E-state index in [1.165, 1.54) is 5.56 Å². The van der Waals surface area contributed by atoms with E-state index in [0.29, 0.717) is 0 Å². The molecule has 1 aromatic carbocycles. The third-order valence-corrected chi connectivity index (χ3v) is 3.56. The number of rotatable bonds is 3. The summed E-state index contributed by atoms with van der Waals surface area (Å²) in [5.74, 6) is 7.68. The second-order valence-corrected chi connectivity index (χ2v) is 6.14. The highest BCUT2D eigenvalue weighted by Gasteiger charge is 2.22. The fourth-order valence-electron chi connectivity index (χ4n) is 1.61. The zero-order valence-corrected chi connectivity index (χ0v) is 11.7. The van der Waals surface area contributed by atoms with Gasteiger partial charge in [0.15, 0.2) is 5.82 Å². The van der Waals surface area contributed by atoms with Gasteiger partial charge in [-0.2, -0.15) is 0 Å². The Morgan fingerprint density at radius 3 is 2.39 bits per heavy atom. The lowest BCUT2D eigenvalue weighted by Crippen LogP contribution is -2.24. The van der Waals surface area contributed by atoms with E-state index >= 15 is 0 Å². The van der Waals surface area contributed by atoms with Crippen LogP contribution >= 0.6 is 11.8 Å². The van der Waals surface area contributed by atoms with Gasteiger partial charge in [-0.3, -0.25) is 0 Å². The van der Waals surface area contributed by atoms with Gasteiger partial charge >= 0.3 is 0 Å². The molecule has 0 saturated carbocycles. The van der Waals surface area contributed by atoms with Crippen molar-refractivity contribution < 1.29 is 0 Å². The molecule has 0 unspecified atom stereocenters. The number of hydrogen-bond donors (Lipinski definition) is 1. The van der Waals surface area contributed by atoms with Gasteiger partial charge in [0.2, 0.25) is 5.16 Å². The zero-order valence-electron chi connectivity index (χ0n) is 10.9. The highest BCUT2D eigenvalue weighted by atomic mass is 32.2. The number of nitrogen functional groups attached to an aromatic ring is 1. The lowest BCUT2D eigenvalue weighted by atomic mass is 9.96. The monoisotopic (exact) mass is 262 g/mol. The van der Waals surface area contributed by atoms with E-state index in [9.17, 15) is 0 Å². The van der Waals surface area contributed by atoms with Crippen LogP contribution in [0.2, 0.25) is 0 Å². The maximum Gasteiger partial charge on any atom is 0.210 e. The van der Waals surface area contributed by atoms with Gasteiger partial charge in [0, 0.05) is 11.2 Å². The first-order valence-electron chi connectivity index (χ1n) is 5.86. The Labute approximate surface area is 112 Å². The van der Waals surface area contributed by atoms with E-state index in [1.807, 2.05) is 18.2 Å². The molecule has 0 fully saturated rings. The van der Waals surface area contributed by atoms with E-state index in [1.54, 1.807) is 16.4 Å². The molecule has 1 aromatic heterocycles. The highest BCUT2D eigenvalue weighted by molar-refractivity contribution is 7.98. The molecule has 1 heterocycles. The van der Waals surface area contributed by atoms with Gasteiger partial charge in [-0.1, -0.05) is 62.9 Å². The van der Waals surface area contributed by atoms with Crippen LogP contribution in [-0.4, -0.2) is 14.9 Å². The molecule has 0 radical (unpaired) electrons. The Morgan fingerprint density at radius 2 is 1.83 bits per heavy atom. The summed E-state index contributed by atoms with van der Waals surface area (Å²) < 4.78 is 1.59. The number of hydrogen-bond acceptors (Lipinski definition) is 4. The number of nitrogens with zero attached hydrogens (tertiary/aromatic N) is 3. The summed E-state index contributed by atoms with van der Waals surface area (Å²) in [5.41, 5.74) is 1.16. The third-order valence-electron chi connectivity index (χ3n) is 2.55. The smallest absolute Gasteiger partial charge is 0.210 e. The first-order chi connectivity index (χ1) is 8.48. The molecule has 0 atom stereocenters. The SMILES string of the molecule is CC(C)(C)c1nnc(SCc2ccccc2)n1N. The van der Waals surface area contributed by atoms with E-state index in [-0.39, 0.29) is 5.41 Å². The molecule has 2 N–H and O–H groups in total. The van der Waals surface area contributed by atoms with Crippen LogP contribution < -0.4 is 5.84 Å². The van der Waals surface area contributed by atoms with Crippen molar-refractivity contribution in [2.24, 2.45) is 0 Å². The minimum Gasteiger partial charge on any atom is -0.336 e. The molecular weight excluding hydrogens is 244 g/mol. The van der Waals surface area contributed by atoms with E-state index in [2.05, 4.69) is 43.1 Å². The molecule has 0 saturated heterocycles. The van der Waals surface area contributed by atoms with Crippen LogP contribution in [0.25, 0.3) is 0 Å². The fraction of sp³-hybridized carbons (Fsp3) is 0.385. The van der Waals surface area contributed by atoms with Crippen LogP contribution in [0.4, 0.5) is 0 Å². The van der Waals surface area contributed by atoms with Crippen molar-refractivity contribution in [2.75, 3.05) is 5.84 Å². The molecule has 0 aliphatic rings. The number of nitrogens with two attached hydrogens (primary N) is 1. The number of benzene rings is 1. The maximum atomic E-state index is 6.02. The van der Waals surface area contributed by atoms with Crippen molar-refractivity contribution in [3.63, 3.8) is 0 Å². The van der Waals surface area contributed by atoms with Gasteiger partial charge in [-0.05, 0) is 5.56 Å². The minimum absolute atomic E-state index is 0.0900. The van der Waals surface area contributed by atoms with Gasteiger partial charge in [0.05, 0.1) is 0 Å². The Bertz CT molecular complexity index is 514. The van der Waals surface area contributed by atoms with Gasteiger partial charge in [0.25, 0.3) is 0 Å². The standard InChI is InChI=1S/C13H18N4S/c1-13(2,3)11-15-16-12(17(11)14)18-9-10-7-5-4-6-8-10/h4-8H,9,14H2,1-3H3. The van der Waals surface area contributed by atoms with Crippen molar-refractivity contribution in [1.29, 1.82) is 0 Å². The molecule has 96 valence electrons. The Hall–Kier alpha value is -1.49. The molecule has 0 bridgehead atoms. The average molecular weight is 262 g/mol. The molecule has 4 nitrogen and oxygen atoms in total. The normalized spacial score (nSPS) is 11.7. The largest absolute Gasteiger partial charge is 0.336 e. The Morgan fingerprint density at radius 1 is 1.17 bits per heavy atom. The molecule has 0 spiro atoms. The van der Waals surface area contributed by atoms with Crippen molar-refractivity contribution in [3.05, 3.63) is 41.7 Å². The van der Waals surface area contributed by atoms with Gasteiger partial charge < -0.3 is 5.84 Å². The van der Waals surface area contributed by atoms with Crippen molar-refractivity contribution in [2.45, 2.75) is 37.1 Å². The Kier molecular flexibility index (Phi) is 3.61. The molecule has 2 aromatic rings. The topological polar surface area (TPSA) is 56.7 Å². The van der Waals surface area contributed by atoms with Crippen molar-refractivity contribution in [1.82, 2.24) is 14.9 Å². The van der Waals surface area contributed by atoms with Crippen LogP contribution in [0.15, 0.2) is 35.5 Å². The molecule has 0 aliphatic carbocycles. The van der Waals surface area contributed by atoms with E-state index in [0.717, 1.165) is 16.7 Å². The second-order valence-electron chi connectivity index (χ2n) is 5.20. The summed E-state index contributed by atoms with van der Waals surface area (Å²) in [6.45, 7) is 6.23. The molecule has 18 heavy (non-hydrogen) atoms. The van der Waals surface area contributed by atoms with Gasteiger partial charge in [-0.15, -0.1) is 10.2 Å². The molecular formula is C13H18N4S. The summed E-state index contributed by atoms with van der Waals surface area (Å²) in [6.07, 6.45) is 0. The van der Waals surface area contributed by atoms with Crippen molar-refractivity contribution >= 4 is 11.8 Å². The van der Waals surface area contributed by atoms with Crippen molar-refractivity contribution in [3.8, 4) is 0 Å². The maximum absolute atomic E-state index is 6.02. The molecule has 5 heteroatoms. The quantitative estimate of drug-likeness (QED) is 0.682. The van der Waals surface area contributed by atoms with Gasteiger partial charge in [-0.25, -0.2) is 4.68 Å². The van der Waals surface area contributed by atoms with Crippen LogP contribution in [0.5, 0.6) is 0 Å². The number of aromatic nitrogens is 3. The summed E-state index contributed by atoms with van der Waals surface area (Å²) in [5, 5.41) is 9.07. The first kappa shape index (κ1) is 13.0. The molecule has 0 aliphatic heterocycles. The van der Waals surface area contributed by atoms with Crippen LogP contribution in [0.3, 0.4) is 0 Å². The third kappa shape index (κ3) is 2.85. The summed E-state index contributed by atoms with van der Waals surface area (Å²) in [6, 6.07) is 10.3.